The number of nitrogens with one attached hydrogen (secondary N) is 1. The van der Waals surface area contributed by atoms with Crippen LogP contribution in [-0.4, -0.2) is 26.2 Å². The van der Waals surface area contributed by atoms with E-state index >= 15 is 0 Å². The van der Waals surface area contributed by atoms with Crippen molar-refractivity contribution in [1.29, 1.82) is 0 Å². The monoisotopic (exact) mass is 311 g/mol. The standard InChI is InChI=1S/C16H25NO3S/c1-10-9-11(2)13(4)16(12(10)3)21(19,20)17-15(7-8-18)14-5-6-14/h9,14-15,17-18H,5-8H2,1-4H3. The second-order valence-electron chi connectivity index (χ2n) is 6.17. The number of sulfonamides is 1. The van der Waals surface area contributed by atoms with Crippen LogP contribution in [-0.2, 0) is 10.0 Å². The maximum absolute atomic E-state index is 12.8. The molecule has 2 rings (SSSR count). The molecular formula is C16H25NO3S. The lowest BCUT2D eigenvalue weighted by atomic mass is 10.0. The minimum absolute atomic E-state index is 0.00843. The molecule has 4 nitrogen and oxygen atoms in total. The fourth-order valence-corrected chi connectivity index (χ4v) is 4.83. The number of aryl methyl sites for hydroxylation is 2. The average Bonchev–Trinajstić information content (AvgIpc) is 3.20. The fourth-order valence-electron chi connectivity index (χ4n) is 2.87. The second kappa shape index (κ2) is 6.07. The highest BCUT2D eigenvalue weighted by Crippen LogP contribution is 2.35. The summed E-state index contributed by atoms with van der Waals surface area (Å²) in [4.78, 5) is 0.406. The predicted molar refractivity (Wildman–Crippen MR) is 83.9 cm³/mol. The fraction of sp³-hybridized carbons (Fsp3) is 0.625. The van der Waals surface area contributed by atoms with Crippen molar-refractivity contribution >= 4 is 10.0 Å². The molecule has 0 radical (unpaired) electrons. The van der Waals surface area contributed by atoms with E-state index in [9.17, 15) is 8.42 Å². The van der Waals surface area contributed by atoms with E-state index < -0.39 is 10.0 Å². The quantitative estimate of drug-likeness (QED) is 0.847. The normalized spacial score (nSPS) is 17.0. The summed E-state index contributed by atoms with van der Waals surface area (Å²) in [6.07, 6.45) is 2.56. The van der Waals surface area contributed by atoms with E-state index in [1.807, 2.05) is 33.8 Å². The average molecular weight is 311 g/mol. The lowest BCUT2D eigenvalue weighted by Gasteiger charge is -2.21. The Morgan fingerprint density at radius 2 is 1.71 bits per heavy atom. The molecule has 1 aliphatic rings. The molecule has 0 aliphatic heterocycles. The molecule has 0 spiro atoms. The Hall–Kier alpha value is -0.910. The Morgan fingerprint density at radius 3 is 2.14 bits per heavy atom. The van der Waals surface area contributed by atoms with Gasteiger partial charge in [0.05, 0.1) is 4.90 Å². The molecule has 0 aromatic heterocycles. The maximum atomic E-state index is 12.8. The number of aliphatic hydroxyl groups excluding tert-OH is 1. The highest BCUT2D eigenvalue weighted by molar-refractivity contribution is 7.89. The first-order valence-corrected chi connectivity index (χ1v) is 8.97. The van der Waals surface area contributed by atoms with Gasteiger partial charge in [-0.05, 0) is 75.1 Å². The van der Waals surface area contributed by atoms with Crippen molar-refractivity contribution in [3.05, 3.63) is 28.3 Å². The molecule has 0 heterocycles. The van der Waals surface area contributed by atoms with Crippen molar-refractivity contribution < 1.29 is 13.5 Å². The maximum Gasteiger partial charge on any atom is 0.241 e. The van der Waals surface area contributed by atoms with Crippen LogP contribution in [0.15, 0.2) is 11.0 Å². The summed E-state index contributed by atoms with van der Waals surface area (Å²) in [6.45, 7) is 7.59. The van der Waals surface area contributed by atoms with Gasteiger partial charge in [0.1, 0.15) is 0 Å². The molecule has 1 saturated carbocycles. The van der Waals surface area contributed by atoms with Crippen LogP contribution in [0, 0.1) is 33.6 Å². The van der Waals surface area contributed by atoms with E-state index in [-0.39, 0.29) is 12.6 Å². The van der Waals surface area contributed by atoms with Crippen molar-refractivity contribution in [2.75, 3.05) is 6.61 Å². The molecular weight excluding hydrogens is 286 g/mol. The Labute approximate surface area is 127 Å². The summed E-state index contributed by atoms with van der Waals surface area (Å²) in [5.74, 6) is 0.374. The zero-order valence-electron chi connectivity index (χ0n) is 13.2. The third-order valence-electron chi connectivity index (χ3n) is 4.50. The van der Waals surface area contributed by atoms with Gasteiger partial charge in [-0.2, -0.15) is 0 Å². The Kier molecular flexibility index (Phi) is 4.76. The lowest BCUT2D eigenvalue weighted by molar-refractivity contribution is 0.265. The van der Waals surface area contributed by atoms with E-state index in [1.165, 1.54) is 0 Å². The van der Waals surface area contributed by atoms with Crippen LogP contribution in [0.1, 0.15) is 41.5 Å². The van der Waals surface area contributed by atoms with Gasteiger partial charge in [0.25, 0.3) is 0 Å². The Balaban J connectivity index is 2.39. The highest BCUT2D eigenvalue weighted by atomic mass is 32.2. The van der Waals surface area contributed by atoms with Gasteiger partial charge in [0.15, 0.2) is 0 Å². The molecule has 1 atom stereocenters. The minimum atomic E-state index is -3.55. The van der Waals surface area contributed by atoms with Crippen LogP contribution >= 0.6 is 0 Å². The van der Waals surface area contributed by atoms with Gasteiger partial charge in [0, 0.05) is 12.6 Å². The molecule has 0 bridgehead atoms. The molecule has 1 aromatic rings. The van der Waals surface area contributed by atoms with E-state index in [4.69, 9.17) is 5.11 Å². The van der Waals surface area contributed by atoms with Gasteiger partial charge in [0.2, 0.25) is 10.0 Å². The predicted octanol–water partition coefficient (Wildman–Crippen LogP) is 2.36. The topological polar surface area (TPSA) is 66.4 Å². The van der Waals surface area contributed by atoms with Crippen molar-refractivity contribution in [3.8, 4) is 0 Å². The largest absolute Gasteiger partial charge is 0.396 e. The summed E-state index contributed by atoms with van der Waals surface area (Å²) in [5, 5.41) is 9.14. The molecule has 1 fully saturated rings. The first kappa shape index (κ1) is 16.5. The number of rotatable bonds is 6. The zero-order valence-corrected chi connectivity index (χ0v) is 14.0. The van der Waals surface area contributed by atoms with Gasteiger partial charge >= 0.3 is 0 Å². The zero-order chi connectivity index (χ0) is 15.8. The van der Waals surface area contributed by atoms with Crippen LogP contribution in [0.3, 0.4) is 0 Å². The van der Waals surface area contributed by atoms with Crippen LogP contribution < -0.4 is 4.72 Å². The van der Waals surface area contributed by atoms with Gasteiger partial charge in [-0.1, -0.05) is 6.07 Å². The van der Waals surface area contributed by atoms with E-state index in [0.717, 1.165) is 35.1 Å². The SMILES string of the molecule is Cc1cc(C)c(C)c(S(=O)(=O)NC(CCO)C2CC2)c1C. The molecule has 0 saturated heterocycles. The summed E-state index contributed by atoms with van der Waals surface area (Å²) in [6, 6.07) is 1.87. The first-order chi connectivity index (χ1) is 9.77. The molecule has 5 heteroatoms. The van der Waals surface area contributed by atoms with Gasteiger partial charge in [-0.25, -0.2) is 13.1 Å². The molecule has 1 unspecified atom stereocenters. The summed E-state index contributed by atoms with van der Waals surface area (Å²) >= 11 is 0. The number of hydrogen-bond acceptors (Lipinski definition) is 3. The second-order valence-corrected chi connectivity index (χ2v) is 7.82. The van der Waals surface area contributed by atoms with Crippen molar-refractivity contribution in [2.24, 2.45) is 5.92 Å². The number of benzene rings is 1. The van der Waals surface area contributed by atoms with E-state index in [1.54, 1.807) is 0 Å². The molecule has 118 valence electrons. The molecule has 1 aromatic carbocycles. The summed E-state index contributed by atoms with van der Waals surface area (Å²) in [7, 11) is -3.55. The smallest absolute Gasteiger partial charge is 0.241 e. The van der Waals surface area contributed by atoms with Crippen LogP contribution in [0.4, 0.5) is 0 Å². The van der Waals surface area contributed by atoms with Gasteiger partial charge in [-0.3, -0.25) is 0 Å². The molecule has 21 heavy (non-hydrogen) atoms. The number of hydrogen-bond donors (Lipinski definition) is 2. The van der Waals surface area contributed by atoms with Crippen molar-refractivity contribution in [1.82, 2.24) is 4.72 Å². The molecule has 0 amide bonds. The highest BCUT2D eigenvalue weighted by Gasteiger charge is 2.35. The van der Waals surface area contributed by atoms with E-state index in [0.29, 0.717) is 17.2 Å². The van der Waals surface area contributed by atoms with E-state index in [2.05, 4.69) is 4.72 Å². The Morgan fingerprint density at radius 1 is 1.19 bits per heavy atom. The Bertz CT molecular complexity index is 607. The van der Waals surface area contributed by atoms with Gasteiger partial charge < -0.3 is 5.11 Å². The summed E-state index contributed by atoms with van der Waals surface area (Å²) < 4.78 is 28.4. The minimum Gasteiger partial charge on any atom is -0.396 e. The van der Waals surface area contributed by atoms with Crippen LogP contribution in [0.25, 0.3) is 0 Å². The third kappa shape index (κ3) is 3.47. The lowest BCUT2D eigenvalue weighted by Crippen LogP contribution is -2.37. The van der Waals surface area contributed by atoms with Crippen molar-refractivity contribution in [3.63, 3.8) is 0 Å². The molecule has 1 aliphatic carbocycles. The third-order valence-corrected chi connectivity index (χ3v) is 6.27. The molecule has 2 N–H and O–H groups in total. The van der Waals surface area contributed by atoms with Crippen molar-refractivity contribution in [2.45, 2.75) is 57.9 Å². The summed E-state index contributed by atoms with van der Waals surface area (Å²) in [5.41, 5.74) is 3.60. The van der Waals surface area contributed by atoms with Crippen LogP contribution in [0.5, 0.6) is 0 Å². The van der Waals surface area contributed by atoms with Gasteiger partial charge in [-0.15, -0.1) is 0 Å². The number of aliphatic hydroxyl groups is 1. The van der Waals surface area contributed by atoms with Crippen LogP contribution in [0.2, 0.25) is 0 Å². The first-order valence-electron chi connectivity index (χ1n) is 7.48.